The third kappa shape index (κ3) is 5.29. The standard InChI is InChI=1S/C21H26ClN7O5S2/c1-35(31,32)27-13-6-5-7-14(10-13)28-36(33,34)18-12-17(30)16(11-15(18)22)29-20(24)25-19(23)26-21(29)8-3-2-4-9-21/h5-7,10-12,27-28,30H,2-4,8-9H2,1H3,(H4,23,24,25,26). The molecule has 2 aromatic carbocycles. The van der Waals surface area contributed by atoms with E-state index >= 15 is 0 Å². The fourth-order valence-electron chi connectivity index (χ4n) is 4.46. The Hall–Kier alpha value is -3.23. The first kappa shape index (κ1) is 25.9. The summed E-state index contributed by atoms with van der Waals surface area (Å²) in [6, 6.07) is 8.00. The van der Waals surface area contributed by atoms with Gasteiger partial charge in [0.15, 0.2) is 0 Å². The monoisotopic (exact) mass is 555 g/mol. The average molecular weight is 556 g/mol. The fourth-order valence-corrected chi connectivity index (χ4v) is 6.60. The second kappa shape index (κ2) is 9.33. The maximum Gasteiger partial charge on any atom is 0.263 e. The van der Waals surface area contributed by atoms with Gasteiger partial charge in [-0.3, -0.25) is 14.3 Å². The number of guanidine groups is 2. The molecule has 12 nitrogen and oxygen atoms in total. The van der Waals surface area contributed by atoms with Crippen LogP contribution in [0.2, 0.25) is 5.02 Å². The van der Waals surface area contributed by atoms with E-state index in [1.54, 1.807) is 4.90 Å². The SMILES string of the molecule is CS(=O)(=O)Nc1cccc(NS(=O)(=O)c2cc(O)c(N3C(N)=NC(N)=NC34CCCCC4)cc2Cl)c1. The molecule has 0 atom stereocenters. The molecule has 2 aromatic rings. The van der Waals surface area contributed by atoms with Crippen molar-refractivity contribution in [3.05, 3.63) is 41.4 Å². The predicted octanol–water partition coefficient (Wildman–Crippen LogP) is 2.33. The average Bonchev–Trinajstić information content (AvgIpc) is 2.74. The molecule has 0 radical (unpaired) electrons. The molecular weight excluding hydrogens is 530 g/mol. The third-order valence-electron chi connectivity index (χ3n) is 5.83. The zero-order valence-corrected chi connectivity index (χ0v) is 21.7. The fraction of sp³-hybridized carbons (Fsp3) is 0.333. The van der Waals surface area contributed by atoms with Crippen LogP contribution in [0.4, 0.5) is 17.1 Å². The number of hydrogen-bond donors (Lipinski definition) is 5. The van der Waals surface area contributed by atoms with Crippen LogP contribution in [-0.4, -0.2) is 45.8 Å². The molecule has 0 bridgehead atoms. The van der Waals surface area contributed by atoms with Crippen LogP contribution in [0.25, 0.3) is 0 Å². The quantitative estimate of drug-likeness (QED) is 0.358. The van der Waals surface area contributed by atoms with Crippen LogP contribution in [0.15, 0.2) is 51.3 Å². The highest BCUT2D eigenvalue weighted by Gasteiger charge is 2.44. The van der Waals surface area contributed by atoms with Crippen LogP contribution in [-0.2, 0) is 20.0 Å². The maximum atomic E-state index is 13.1. The lowest BCUT2D eigenvalue weighted by atomic mass is 9.87. The van der Waals surface area contributed by atoms with Crippen LogP contribution in [0, 0.1) is 0 Å². The molecular formula is C21H26ClN7O5S2. The first-order valence-corrected chi connectivity index (χ1v) is 14.7. The van der Waals surface area contributed by atoms with E-state index in [-0.39, 0.29) is 38.9 Å². The van der Waals surface area contributed by atoms with Crippen LogP contribution in [0.3, 0.4) is 0 Å². The zero-order chi connectivity index (χ0) is 26.3. The Morgan fingerprint density at radius 3 is 2.31 bits per heavy atom. The molecule has 194 valence electrons. The minimum Gasteiger partial charge on any atom is -0.506 e. The smallest absolute Gasteiger partial charge is 0.263 e. The first-order chi connectivity index (χ1) is 16.8. The van der Waals surface area contributed by atoms with E-state index in [1.165, 1.54) is 30.3 Å². The summed E-state index contributed by atoms with van der Waals surface area (Å²) in [5, 5.41) is 10.7. The molecule has 0 saturated heterocycles. The van der Waals surface area contributed by atoms with E-state index < -0.39 is 31.5 Å². The van der Waals surface area contributed by atoms with Crippen molar-refractivity contribution in [2.45, 2.75) is 42.7 Å². The Morgan fingerprint density at radius 2 is 1.67 bits per heavy atom. The molecule has 0 amide bonds. The summed E-state index contributed by atoms with van der Waals surface area (Å²) in [4.78, 5) is 9.73. The maximum absolute atomic E-state index is 13.1. The molecule has 1 fully saturated rings. The second-order valence-electron chi connectivity index (χ2n) is 8.65. The van der Waals surface area contributed by atoms with Crippen molar-refractivity contribution in [3.8, 4) is 5.75 Å². The number of rotatable bonds is 6. The topological polar surface area (TPSA) is 193 Å². The Balaban J connectivity index is 1.69. The van der Waals surface area contributed by atoms with Gasteiger partial charge >= 0.3 is 0 Å². The van der Waals surface area contributed by atoms with Crippen molar-refractivity contribution in [3.63, 3.8) is 0 Å². The van der Waals surface area contributed by atoms with E-state index in [0.717, 1.165) is 31.6 Å². The number of phenols is 1. The van der Waals surface area contributed by atoms with E-state index in [9.17, 15) is 21.9 Å². The lowest BCUT2D eigenvalue weighted by Crippen LogP contribution is -2.58. The van der Waals surface area contributed by atoms with Crippen molar-refractivity contribution in [1.82, 2.24) is 0 Å². The van der Waals surface area contributed by atoms with Crippen LogP contribution < -0.4 is 25.8 Å². The number of anilines is 3. The normalized spacial score (nSPS) is 17.9. The van der Waals surface area contributed by atoms with Gasteiger partial charge in [0.05, 0.1) is 28.3 Å². The summed E-state index contributed by atoms with van der Waals surface area (Å²) >= 11 is 6.40. The van der Waals surface area contributed by atoms with Crippen LogP contribution >= 0.6 is 11.6 Å². The summed E-state index contributed by atoms with van der Waals surface area (Å²) in [5.41, 5.74) is 11.6. The van der Waals surface area contributed by atoms with Crippen molar-refractivity contribution in [1.29, 1.82) is 0 Å². The number of hydrogen-bond acceptors (Lipinski definition) is 10. The lowest BCUT2D eigenvalue weighted by Gasteiger charge is -2.45. The number of aliphatic imine (C=N–C) groups is 2. The largest absolute Gasteiger partial charge is 0.506 e. The highest BCUT2D eigenvalue weighted by atomic mass is 35.5. The van der Waals surface area contributed by atoms with Crippen molar-refractivity contribution >= 4 is 60.6 Å². The number of benzene rings is 2. The highest BCUT2D eigenvalue weighted by molar-refractivity contribution is 7.93. The number of nitrogens with one attached hydrogen (secondary N) is 2. The minimum absolute atomic E-state index is 0.0136. The van der Waals surface area contributed by atoms with Gasteiger partial charge in [-0.1, -0.05) is 24.1 Å². The van der Waals surface area contributed by atoms with E-state index in [1.807, 2.05) is 0 Å². The Bertz CT molecular complexity index is 1470. The third-order valence-corrected chi connectivity index (χ3v) is 8.28. The first-order valence-electron chi connectivity index (χ1n) is 10.9. The van der Waals surface area contributed by atoms with Gasteiger partial charge in [0.25, 0.3) is 10.0 Å². The zero-order valence-electron chi connectivity index (χ0n) is 19.3. The van der Waals surface area contributed by atoms with Gasteiger partial charge in [-0.15, -0.1) is 0 Å². The Morgan fingerprint density at radius 1 is 1.03 bits per heavy atom. The van der Waals surface area contributed by atoms with Gasteiger partial charge in [-0.25, -0.2) is 21.8 Å². The van der Waals surface area contributed by atoms with Gasteiger partial charge in [-0.2, -0.15) is 4.99 Å². The molecule has 0 unspecified atom stereocenters. The summed E-state index contributed by atoms with van der Waals surface area (Å²) in [7, 11) is -7.84. The Kier molecular flexibility index (Phi) is 6.70. The van der Waals surface area contributed by atoms with E-state index in [4.69, 9.17) is 23.1 Å². The summed E-state index contributed by atoms with van der Waals surface area (Å²) in [6.07, 6.45) is 4.93. The van der Waals surface area contributed by atoms with E-state index in [0.29, 0.717) is 12.8 Å². The molecule has 1 aliphatic heterocycles. The van der Waals surface area contributed by atoms with Crippen molar-refractivity contribution in [2.75, 3.05) is 20.6 Å². The van der Waals surface area contributed by atoms with Crippen LogP contribution in [0.5, 0.6) is 5.75 Å². The summed E-state index contributed by atoms with van der Waals surface area (Å²) in [6.45, 7) is 0. The summed E-state index contributed by atoms with van der Waals surface area (Å²) in [5.74, 6) is -0.349. The van der Waals surface area contributed by atoms with Crippen molar-refractivity contribution in [2.24, 2.45) is 21.5 Å². The molecule has 1 saturated carbocycles. The molecule has 2 aliphatic rings. The number of phenolic OH excluding ortho intramolecular Hbond substituents is 1. The van der Waals surface area contributed by atoms with Gasteiger partial charge in [0.2, 0.25) is 21.9 Å². The highest BCUT2D eigenvalue weighted by Crippen LogP contribution is 2.44. The van der Waals surface area contributed by atoms with Gasteiger partial charge in [0, 0.05) is 6.07 Å². The number of nitrogens with two attached hydrogens (primary N) is 2. The number of halogens is 1. The molecule has 1 spiro atoms. The van der Waals surface area contributed by atoms with Gasteiger partial charge < -0.3 is 16.6 Å². The second-order valence-corrected chi connectivity index (χ2v) is 12.5. The number of sulfonamides is 2. The van der Waals surface area contributed by atoms with Gasteiger partial charge in [-0.05, 0) is 49.9 Å². The lowest BCUT2D eigenvalue weighted by molar-refractivity contribution is 0.303. The number of nitrogens with zero attached hydrogens (tertiary/aromatic N) is 3. The molecule has 1 heterocycles. The molecule has 1 aliphatic carbocycles. The van der Waals surface area contributed by atoms with E-state index in [2.05, 4.69) is 19.4 Å². The molecule has 0 aromatic heterocycles. The molecule has 36 heavy (non-hydrogen) atoms. The number of aromatic hydroxyl groups is 1. The minimum atomic E-state index is -4.28. The van der Waals surface area contributed by atoms with Crippen LogP contribution in [0.1, 0.15) is 32.1 Å². The molecule has 15 heteroatoms. The predicted molar refractivity (Wildman–Crippen MR) is 140 cm³/mol. The summed E-state index contributed by atoms with van der Waals surface area (Å²) < 4.78 is 53.8. The molecule has 4 rings (SSSR count). The van der Waals surface area contributed by atoms with Gasteiger partial charge in [0.1, 0.15) is 16.3 Å². The molecule has 7 N–H and O–H groups in total. The Labute approximate surface area is 214 Å². The van der Waals surface area contributed by atoms with Crippen molar-refractivity contribution < 1.29 is 21.9 Å².